The summed E-state index contributed by atoms with van der Waals surface area (Å²) in [5.74, 6) is -3.97. The van der Waals surface area contributed by atoms with Gasteiger partial charge in [0.2, 0.25) is 17.7 Å². The summed E-state index contributed by atoms with van der Waals surface area (Å²) in [6, 6.07) is -4.49. The highest BCUT2D eigenvalue weighted by Gasteiger charge is 2.32. The van der Waals surface area contributed by atoms with E-state index in [0.717, 1.165) is 0 Å². The molecule has 0 spiro atoms. The number of rotatable bonds is 12. The van der Waals surface area contributed by atoms with Crippen LogP contribution >= 0.6 is 0 Å². The van der Waals surface area contributed by atoms with Gasteiger partial charge in [-0.15, -0.1) is 0 Å². The van der Waals surface area contributed by atoms with Crippen LogP contribution in [0, 0.1) is 11.8 Å². The molecular formula is C19H32N6O6. The molecule has 0 saturated carbocycles. The fourth-order valence-electron chi connectivity index (χ4n) is 2.73. The van der Waals surface area contributed by atoms with Gasteiger partial charge in [-0.2, -0.15) is 0 Å². The Balaban J connectivity index is 3.00. The second kappa shape index (κ2) is 12.0. The molecule has 0 aliphatic heterocycles. The van der Waals surface area contributed by atoms with Crippen molar-refractivity contribution in [3.8, 4) is 0 Å². The maximum Gasteiger partial charge on any atom is 0.326 e. The molecule has 0 aromatic carbocycles. The third-order valence-electron chi connectivity index (χ3n) is 4.62. The van der Waals surface area contributed by atoms with Gasteiger partial charge in [0.1, 0.15) is 24.2 Å². The number of imidazole rings is 1. The maximum atomic E-state index is 12.9. The van der Waals surface area contributed by atoms with Crippen LogP contribution in [0.5, 0.6) is 0 Å². The molecular weight excluding hydrogens is 408 g/mol. The number of nitrogens with two attached hydrogens (primary N) is 1. The van der Waals surface area contributed by atoms with Crippen LogP contribution < -0.4 is 21.7 Å². The van der Waals surface area contributed by atoms with Gasteiger partial charge in [-0.3, -0.25) is 14.4 Å². The largest absolute Gasteiger partial charge is 0.480 e. The van der Waals surface area contributed by atoms with Crippen molar-refractivity contribution >= 4 is 23.7 Å². The zero-order chi connectivity index (χ0) is 23.7. The van der Waals surface area contributed by atoms with Crippen LogP contribution in [-0.2, 0) is 25.6 Å². The van der Waals surface area contributed by atoms with E-state index in [1.54, 1.807) is 27.7 Å². The van der Waals surface area contributed by atoms with Crippen molar-refractivity contribution in [3.63, 3.8) is 0 Å². The minimum Gasteiger partial charge on any atom is -0.480 e. The van der Waals surface area contributed by atoms with Gasteiger partial charge in [0.25, 0.3) is 0 Å². The van der Waals surface area contributed by atoms with Crippen LogP contribution in [0.25, 0.3) is 0 Å². The van der Waals surface area contributed by atoms with Crippen molar-refractivity contribution < 1.29 is 29.4 Å². The van der Waals surface area contributed by atoms with E-state index in [1.807, 2.05) is 0 Å². The number of H-pyrrole nitrogens is 1. The number of carboxylic acids is 1. The zero-order valence-electron chi connectivity index (χ0n) is 18.1. The number of aliphatic hydroxyl groups excluding tert-OH is 1. The molecule has 3 amide bonds. The van der Waals surface area contributed by atoms with Crippen LogP contribution in [0.3, 0.4) is 0 Å². The number of nitrogens with zero attached hydrogens (tertiary/aromatic N) is 1. The molecule has 1 rings (SSSR count). The van der Waals surface area contributed by atoms with E-state index < -0.39 is 54.5 Å². The van der Waals surface area contributed by atoms with Crippen molar-refractivity contribution in [3.05, 3.63) is 18.2 Å². The molecule has 12 heteroatoms. The Morgan fingerprint density at radius 1 is 1.00 bits per heavy atom. The van der Waals surface area contributed by atoms with E-state index in [0.29, 0.717) is 5.69 Å². The second-order valence-corrected chi connectivity index (χ2v) is 7.93. The molecule has 1 aromatic rings. The fraction of sp³-hybridized carbons (Fsp3) is 0.632. The monoisotopic (exact) mass is 440 g/mol. The van der Waals surface area contributed by atoms with E-state index in [2.05, 4.69) is 25.9 Å². The molecule has 0 aliphatic carbocycles. The average molecular weight is 441 g/mol. The topological polar surface area (TPSA) is 200 Å². The normalized spacial score (nSPS) is 15.1. The highest BCUT2D eigenvalue weighted by molar-refractivity contribution is 5.94. The first kappa shape index (κ1) is 26.0. The minimum absolute atomic E-state index is 0.0336. The Labute approximate surface area is 180 Å². The summed E-state index contributed by atoms with van der Waals surface area (Å²) in [4.78, 5) is 55.8. The first-order valence-corrected chi connectivity index (χ1v) is 9.95. The Bertz CT molecular complexity index is 751. The summed E-state index contributed by atoms with van der Waals surface area (Å²) in [7, 11) is 0. The summed E-state index contributed by atoms with van der Waals surface area (Å²) in [5.41, 5.74) is 6.06. The van der Waals surface area contributed by atoms with Gasteiger partial charge in [-0.05, 0) is 11.8 Å². The number of carboxylic acid groups (broad SMARTS) is 1. The number of aromatic amines is 1. The fourth-order valence-corrected chi connectivity index (χ4v) is 2.73. The van der Waals surface area contributed by atoms with Gasteiger partial charge < -0.3 is 36.9 Å². The Morgan fingerprint density at radius 3 is 2.03 bits per heavy atom. The number of amides is 3. The van der Waals surface area contributed by atoms with Crippen LogP contribution in [0.15, 0.2) is 12.5 Å². The van der Waals surface area contributed by atoms with Gasteiger partial charge in [-0.1, -0.05) is 27.7 Å². The first-order valence-electron chi connectivity index (χ1n) is 9.95. The smallest absolute Gasteiger partial charge is 0.326 e. The lowest BCUT2D eigenvalue weighted by Gasteiger charge is -2.27. The third-order valence-corrected chi connectivity index (χ3v) is 4.62. The highest BCUT2D eigenvalue weighted by Crippen LogP contribution is 2.08. The van der Waals surface area contributed by atoms with Crippen molar-refractivity contribution in [2.24, 2.45) is 17.6 Å². The second-order valence-electron chi connectivity index (χ2n) is 7.93. The molecule has 1 heterocycles. The Kier molecular flexibility index (Phi) is 10.1. The standard InChI is InChI=1S/C19H32N6O6/c1-9(2)14(18(29)25-15(10(3)4)19(30)31)24-17(28)13(5-11-6-21-8-22-11)23-16(27)12(20)7-26/h6,8-10,12-15,26H,5,7,20H2,1-4H3,(H,21,22)(H,23,27)(H,24,28)(H,25,29)(H,30,31). The molecule has 4 atom stereocenters. The van der Waals surface area contributed by atoms with Gasteiger partial charge in [-0.25, -0.2) is 9.78 Å². The van der Waals surface area contributed by atoms with Crippen LogP contribution in [0.1, 0.15) is 33.4 Å². The number of aliphatic hydroxyl groups is 1. The Morgan fingerprint density at radius 2 is 1.58 bits per heavy atom. The molecule has 12 nitrogen and oxygen atoms in total. The predicted molar refractivity (Wildman–Crippen MR) is 110 cm³/mol. The summed E-state index contributed by atoms with van der Waals surface area (Å²) >= 11 is 0. The summed E-state index contributed by atoms with van der Waals surface area (Å²) in [5, 5.41) is 25.9. The Hall–Kier alpha value is -2.99. The molecule has 0 fully saturated rings. The molecule has 0 aliphatic rings. The van der Waals surface area contributed by atoms with Crippen LogP contribution in [0.4, 0.5) is 0 Å². The van der Waals surface area contributed by atoms with Crippen molar-refractivity contribution in [2.75, 3.05) is 6.61 Å². The average Bonchev–Trinajstić information content (AvgIpc) is 3.20. The first-order chi connectivity index (χ1) is 14.5. The lowest BCUT2D eigenvalue weighted by molar-refractivity contribution is -0.143. The third kappa shape index (κ3) is 7.98. The number of nitrogens with one attached hydrogen (secondary N) is 4. The summed E-state index contributed by atoms with van der Waals surface area (Å²) in [6.45, 7) is 6.09. The molecule has 0 bridgehead atoms. The minimum atomic E-state index is -1.22. The van der Waals surface area contributed by atoms with E-state index in [4.69, 9.17) is 10.8 Å². The molecule has 4 unspecified atom stereocenters. The summed E-state index contributed by atoms with van der Waals surface area (Å²) < 4.78 is 0. The lowest BCUT2D eigenvalue weighted by atomic mass is 9.99. The molecule has 1 aromatic heterocycles. The predicted octanol–water partition coefficient (Wildman–Crippen LogP) is -1.88. The van der Waals surface area contributed by atoms with Gasteiger partial charge in [0.05, 0.1) is 12.9 Å². The van der Waals surface area contributed by atoms with Crippen molar-refractivity contribution in [1.82, 2.24) is 25.9 Å². The molecule has 174 valence electrons. The number of carbonyl (C=O) groups excluding carboxylic acids is 3. The summed E-state index contributed by atoms with van der Waals surface area (Å²) in [6.07, 6.45) is 2.92. The van der Waals surface area contributed by atoms with E-state index in [9.17, 15) is 24.3 Å². The molecule has 0 radical (unpaired) electrons. The van der Waals surface area contributed by atoms with E-state index in [1.165, 1.54) is 12.5 Å². The van der Waals surface area contributed by atoms with E-state index in [-0.39, 0.29) is 18.3 Å². The lowest BCUT2D eigenvalue weighted by Crippen LogP contribution is -2.59. The van der Waals surface area contributed by atoms with Crippen molar-refractivity contribution in [1.29, 1.82) is 0 Å². The van der Waals surface area contributed by atoms with Crippen LogP contribution in [-0.4, -0.2) is 74.6 Å². The number of hydrogen-bond donors (Lipinski definition) is 7. The zero-order valence-corrected chi connectivity index (χ0v) is 18.1. The number of aromatic nitrogens is 2. The van der Waals surface area contributed by atoms with Crippen molar-refractivity contribution in [2.45, 2.75) is 58.3 Å². The van der Waals surface area contributed by atoms with E-state index >= 15 is 0 Å². The molecule has 31 heavy (non-hydrogen) atoms. The maximum absolute atomic E-state index is 12.9. The quantitative estimate of drug-likeness (QED) is 0.196. The van der Waals surface area contributed by atoms with Gasteiger partial charge in [0.15, 0.2) is 0 Å². The van der Waals surface area contributed by atoms with Crippen LogP contribution in [0.2, 0.25) is 0 Å². The highest BCUT2D eigenvalue weighted by atomic mass is 16.4. The van der Waals surface area contributed by atoms with Gasteiger partial charge >= 0.3 is 5.97 Å². The molecule has 8 N–H and O–H groups in total. The number of carbonyl (C=O) groups is 4. The molecule has 0 saturated heterocycles. The SMILES string of the molecule is CC(C)C(NC(=O)C(NC(=O)C(Cc1cnc[nH]1)NC(=O)C(N)CO)C(C)C)C(=O)O. The number of aliphatic carboxylic acids is 1. The number of hydrogen-bond acceptors (Lipinski definition) is 7. The van der Waals surface area contributed by atoms with Gasteiger partial charge in [0, 0.05) is 18.3 Å².